The number of fused-ring (bicyclic) bond motifs is 1. The molecule has 0 spiro atoms. The molecule has 1 atom stereocenters. The van der Waals surface area contributed by atoms with Gasteiger partial charge in [-0.3, -0.25) is 13.4 Å². The van der Waals surface area contributed by atoms with Gasteiger partial charge in [0.15, 0.2) is 0 Å². The highest BCUT2D eigenvalue weighted by molar-refractivity contribution is 8.22. The molecule has 3 aromatic rings. The Hall–Kier alpha value is -3.29. The quantitative estimate of drug-likeness (QED) is 0.343. The van der Waals surface area contributed by atoms with Crippen molar-refractivity contribution in [2.24, 2.45) is 0 Å². The molecule has 4 rings (SSSR count). The lowest BCUT2D eigenvalue weighted by molar-refractivity contribution is 0.370. The van der Waals surface area contributed by atoms with E-state index < -0.39 is 16.8 Å². The number of nitrogens with two attached hydrogens (primary N) is 1. The molecule has 176 valence electrons. The second kappa shape index (κ2) is 9.52. The van der Waals surface area contributed by atoms with E-state index in [-0.39, 0.29) is 23.1 Å². The number of hydrogen-bond donors (Lipinski definition) is 4. The third kappa shape index (κ3) is 4.41. The van der Waals surface area contributed by atoms with Gasteiger partial charge in [-0.15, -0.1) is 0 Å². The zero-order valence-corrected chi connectivity index (χ0v) is 20.3. The smallest absolute Gasteiger partial charge is 0.222 e. The van der Waals surface area contributed by atoms with Crippen LogP contribution in [0.1, 0.15) is 35.7 Å². The first-order chi connectivity index (χ1) is 16.3. The summed E-state index contributed by atoms with van der Waals surface area (Å²) >= 11 is 6.42. The summed E-state index contributed by atoms with van der Waals surface area (Å²) in [5.74, 6) is 0.349. The second-order valence-corrected chi connectivity index (χ2v) is 10.2. The molecule has 0 radical (unpaired) electrons. The van der Waals surface area contributed by atoms with E-state index in [9.17, 15) is 14.4 Å². The van der Waals surface area contributed by atoms with Crippen molar-refractivity contribution in [2.75, 3.05) is 11.1 Å². The van der Waals surface area contributed by atoms with Gasteiger partial charge in [0.05, 0.1) is 29.0 Å². The number of aryl methyl sites for hydroxylation is 1. The van der Waals surface area contributed by atoms with Crippen molar-refractivity contribution in [1.29, 1.82) is 5.26 Å². The zero-order valence-electron chi connectivity index (χ0n) is 18.7. The Bertz CT molecular complexity index is 1290. The Morgan fingerprint density at radius 1 is 1.18 bits per heavy atom. The van der Waals surface area contributed by atoms with E-state index >= 15 is 0 Å². The number of nitrogens with one attached hydrogen (secondary N) is 1. The Kier molecular flexibility index (Phi) is 6.68. The van der Waals surface area contributed by atoms with Crippen LogP contribution in [0.2, 0.25) is 5.02 Å². The maximum Gasteiger partial charge on any atom is 0.222 e. The highest BCUT2D eigenvalue weighted by Gasteiger charge is 2.37. The summed E-state index contributed by atoms with van der Waals surface area (Å²) in [6.45, 7) is 3.90. The SMILES string of the molecule is CC[C@H](Nc1nc(N)nc(C)c1C#N)C1=Cc2cccc(Cl)c2S(O)(O)N1Cc1ccccc1. The van der Waals surface area contributed by atoms with Crippen molar-refractivity contribution in [2.45, 2.75) is 37.8 Å². The van der Waals surface area contributed by atoms with Crippen LogP contribution in [0, 0.1) is 18.3 Å². The molecule has 8 nitrogen and oxygen atoms in total. The molecule has 1 aromatic heterocycles. The van der Waals surface area contributed by atoms with Crippen LogP contribution in [-0.2, 0) is 6.54 Å². The predicted octanol–water partition coefficient (Wildman–Crippen LogP) is 5.66. The molecule has 34 heavy (non-hydrogen) atoms. The topological polar surface area (TPSA) is 131 Å². The number of hydrogen-bond acceptors (Lipinski definition) is 8. The number of nitriles is 1. The van der Waals surface area contributed by atoms with Crippen molar-refractivity contribution in [3.8, 4) is 6.07 Å². The van der Waals surface area contributed by atoms with Gasteiger partial charge in [-0.2, -0.15) is 10.2 Å². The van der Waals surface area contributed by atoms with Gasteiger partial charge in [0.1, 0.15) is 22.3 Å². The molecule has 1 aliphatic rings. The van der Waals surface area contributed by atoms with E-state index in [1.165, 1.54) is 0 Å². The molecule has 5 N–H and O–H groups in total. The highest BCUT2D eigenvalue weighted by Crippen LogP contribution is 2.61. The van der Waals surface area contributed by atoms with Gasteiger partial charge in [0, 0.05) is 5.56 Å². The lowest BCUT2D eigenvalue weighted by atomic mass is 10.1. The average Bonchev–Trinajstić information content (AvgIpc) is 2.79. The van der Waals surface area contributed by atoms with Gasteiger partial charge in [0.25, 0.3) is 0 Å². The van der Waals surface area contributed by atoms with E-state index in [2.05, 4.69) is 21.4 Å². The van der Waals surface area contributed by atoms with Gasteiger partial charge in [-0.25, -0.2) is 4.98 Å². The lowest BCUT2D eigenvalue weighted by Crippen LogP contribution is -2.38. The predicted molar refractivity (Wildman–Crippen MR) is 136 cm³/mol. The van der Waals surface area contributed by atoms with E-state index in [0.717, 1.165) is 5.56 Å². The number of nitrogens with zero attached hydrogens (tertiary/aromatic N) is 4. The zero-order chi connectivity index (χ0) is 24.5. The summed E-state index contributed by atoms with van der Waals surface area (Å²) in [7, 11) is -3.47. The van der Waals surface area contributed by atoms with Crippen LogP contribution < -0.4 is 11.1 Å². The number of nitrogen functional groups attached to an aromatic ring is 1. The van der Waals surface area contributed by atoms with Crippen molar-refractivity contribution >= 4 is 40.2 Å². The van der Waals surface area contributed by atoms with Crippen LogP contribution in [0.3, 0.4) is 0 Å². The lowest BCUT2D eigenvalue weighted by Gasteiger charge is -2.50. The fraction of sp³-hybridized carbons (Fsp3) is 0.208. The van der Waals surface area contributed by atoms with Crippen molar-refractivity contribution in [3.63, 3.8) is 0 Å². The highest BCUT2D eigenvalue weighted by atomic mass is 35.5. The van der Waals surface area contributed by atoms with Gasteiger partial charge in [0.2, 0.25) is 5.95 Å². The molecule has 0 saturated carbocycles. The van der Waals surface area contributed by atoms with Crippen LogP contribution in [0.25, 0.3) is 6.08 Å². The minimum Gasteiger partial charge on any atom is -0.368 e. The van der Waals surface area contributed by atoms with Crippen molar-refractivity contribution in [3.05, 3.63) is 81.6 Å². The van der Waals surface area contributed by atoms with Gasteiger partial charge in [-0.1, -0.05) is 71.8 Å². The van der Waals surface area contributed by atoms with E-state index in [4.69, 9.17) is 17.3 Å². The molecule has 0 fully saturated rings. The summed E-state index contributed by atoms with van der Waals surface area (Å²) < 4.78 is 24.6. The van der Waals surface area contributed by atoms with Crippen molar-refractivity contribution < 1.29 is 9.11 Å². The Balaban J connectivity index is 1.84. The normalized spacial score (nSPS) is 16.1. The third-order valence-corrected chi connectivity index (χ3v) is 8.02. The number of anilines is 2. The van der Waals surface area contributed by atoms with E-state index in [0.29, 0.717) is 34.1 Å². The maximum absolute atomic E-state index is 11.5. The second-order valence-electron chi connectivity index (χ2n) is 7.88. The molecular formula is C24H25ClN6O2S. The number of aromatic nitrogens is 2. The molecule has 0 amide bonds. The summed E-state index contributed by atoms with van der Waals surface area (Å²) in [6.07, 6.45) is 2.46. The fourth-order valence-electron chi connectivity index (χ4n) is 4.00. The third-order valence-electron chi connectivity index (χ3n) is 5.63. The van der Waals surface area contributed by atoms with Crippen LogP contribution in [0.5, 0.6) is 0 Å². The summed E-state index contributed by atoms with van der Waals surface area (Å²) in [5, 5.41) is 13.2. The molecule has 0 saturated heterocycles. The Morgan fingerprint density at radius 3 is 2.59 bits per heavy atom. The minimum absolute atomic E-state index is 0.0500. The first kappa shape index (κ1) is 23.9. The first-order valence-corrected chi connectivity index (χ1v) is 12.5. The number of benzene rings is 2. The molecule has 10 heteroatoms. The Labute approximate surface area is 205 Å². The molecule has 0 bridgehead atoms. The Morgan fingerprint density at radius 2 is 1.91 bits per heavy atom. The molecular weight excluding hydrogens is 472 g/mol. The van der Waals surface area contributed by atoms with Crippen LogP contribution in [0.15, 0.2) is 59.1 Å². The monoisotopic (exact) mass is 496 g/mol. The summed E-state index contributed by atoms with van der Waals surface area (Å²) in [5.41, 5.74) is 8.77. The minimum atomic E-state index is -3.47. The van der Waals surface area contributed by atoms with Gasteiger partial charge in [-0.05, 0) is 31.1 Å². The van der Waals surface area contributed by atoms with Gasteiger partial charge >= 0.3 is 0 Å². The molecule has 2 heterocycles. The molecule has 0 aliphatic carbocycles. The van der Waals surface area contributed by atoms with E-state index in [1.807, 2.05) is 43.3 Å². The average molecular weight is 497 g/mol. The van der Waals surface area contributed by atoms with Crippen LogP contribution >= 0.6 is 22.4 Å². The maximum atomic E-state index is 11.5. The summed E-state index contributed by atoms with van der Waals surface area (Å²) in [6, 6.07) is 16.5. The molecule has 0 unspecified atom stereocenters. The van der Waals surface area contributed by atoms with Crippen LogP contribution in [0.4, 0.5) is 11.8 Å². The first-order valence-electron chi connectivity index (χ1n) is 10.7. The molecule has 1 aliphatic heterocycles. The van der Waals surface area contributed by atoms with Crippen LogP contribution in [-0.4, -0.2) is 29.4 Å². The number of rotatable bonds is 6. The fourth-order valence-corrected chi connectivity index (χ4v) is 6.29. The largest absolute Gasteiger partial charge is 0.368 e. The van der Waals surface area contributed by atoms with E-state index in [1.54, 1.807) is 29.4 Å². The van der Waals surface area contributed by atoms with Crippen molar-refractivity contribution in [1.82, 2.24) is 14.3 Å². The van der Waals surface area contributed by atoms with Gasteiger partial charge < -0.3 is 11.1 Å². The summed E-state index contributed by atoms with van der Waals surface area (Å²) in [4.78, 5) is 8.61. The number of halogens is 1. The standard InChI is InChI=1S/C24H25ClN6O2S/c1-3-20(29-23-18(13-26)15(2)28-24(27)30-23)21-12-17-10-7-11-19(25)22(17)34(32,33)31(21)14-16-8-5-4-6-9-16/h4-12,20,32-33H,3,14H2,1-2H3,(H3,27,28,29,30)/t20-/m0/s1. The molecule has 2 aromatic carbocycles.